The highest BCUT2D eigenvalue weighted by atomic mass is 32.2. The first-order valence-corrected chi connectivity index (χ1v) is 7.33. The normalized spacial score (nSPS) is 12.8. The van der Waals surface area contributed by atoms with Crippen LogP contribution in [0.15, 0.2) is 29.2 Å². The molecular formula is C15H25NOS. The van der Waals surface area contributed by atoms with Crippen LogP contribution in [0.25, 0.3) is 0 Å². The summed E-state index contributed by atoms with van der Waals surface area (Å²) in [6.45, 7) is 11.1. The molecule has 0 saturated heterocycles. The fraction of sp³-hybridized carbons (Fsp3) is 0.600. The standard InChI is InChI=1S/C15H25NOS/c1-14(2,3)16-10-12-6-8-13(9-7-12)18-11-15(4,5)17/h6-9,16-17H,10-11H2,1-5H3. The van der Waals surface area contributed by atoms with Crippen molar-refractivity contribution in [3.8, 4) is 0 Å². The number of hydrogen-bond donors (Lipinski definition) is 2. The summed E-state index contributed by atoms with van der Waals surface area (Å²) in [5.74, 6) is 0.715. The number of aliphatic hydroxyl groups is 1. The molecule has 1 aromatic carbocycles. The third-order valence-corrected chi connectivity index (χ3v) is 3.79. The molecule has 0 radical (unpaired) electrons. The van der Waals surface area contributed by atoms with Crippen molar-refractivity contribution in [1.29, 1.82) is 0 Å². The van der Waals surface area contributed by atoms with Crippen LogP contribution in [-0.4, -0.2) is 22.0 Å². The molecule has 0 bridgehead atoms. The van der Waals surface area contributed by atoms with Gasteiger partial charge in [-0.05, 0) is 52.3 Å². The molecule has 0 fully saturated rings. The molecule has 0 atom stereocenters. The lowest BCUT2D eigenvalue weighted by Crippen LogP contribution is -2.35. The Balaban J connectivity index is 2.48. The van der Waals surface area contributed by atoms with Gasteiger partial charge in [0.2, 0.25) is 0 Å². The van der Waals surface area contributed by atoms with Gasteiger partial charge in [-0.2, -0.15) is 0 Å². The molecule has 0 aliphatic carbocycles. The van der Waals surface area contributed by atoms with Crippen molar-refractivity contribution in [2.45, 2.75) is 57.2 Å². The van der Waals surface area contributed by atoms with Crippen LogP contribution in [0, 0.1) is 0 Å². The number of rotatable bonds is 5. The molecule has 102 valence electrons. The van der Waals surface area contributed by atoms with Gasteiger partial charge in [0.05, 0.1) is 5.60 Å². The quantitative estimate of drug-likeness (QED) is 0.802. The molecule has 18 heavy (non-hydrogen) atoms. The molecule has 0 aromatic heterocycles. The second-order valence-corrected chi connectivity index (χ2v) is 7.40. The van der Waals surface area contributed by atoms with Crippen molar-refractivity contribution in [3.05, 3.63) is 29.8 Å². The summed E-state index contributed by atoms with van der Waals surface area (Å²) in [4.78, 5) is 1.21. The number of hydrogen-bond acceptors (Lipinski definition) is 3. The van der Waals surface area contributed by atoms with Gasteiger partial charge in [0.25, 0.3) is 0 Å². The first kappa shape index (κ1) is 15.5. The summed E-state index contributed by atoms with van der Waals surface area (Å²) in [7, 11) is 0. The molecule has 2 nitrogen and oxygen atoms in total. The van der Waals surface area contributed by atoms with E-state index in [0.717, 1.165) is 6.54 Å². The Kier molecular flexibility index (Phi) is 5.26. The Morgan fingerprint density at radius 1 is 1.06 bits per heavy atom. The molecule has 0 unspecified atom stereocenters. The minimum atomic E-state index is -0.614. The second-order valence-electron chi connectivity index (χ2n) is 6.35. The van der Waals surface area contributed by atoms with Crippen LogP contribution in [0.5, 0.6) is 0 Å². The van der Waals surface area contributed by atoms with Gasteiger partial charge in [-0.3, -0.25) is 0 Å². The average molecular weight is 267 g/mol. The van der Waals surface area contributed by atoms with Crippen LogP contribution in [0.2, 0.25) is 0 Å². The van der Waals surface area contributed by atoms with E-state index in [4.69, 9.17) is 0 Å². The minimum Gasteiger partial charge on any atom is -0.390 e. The monoisotopic (exact) mass is 267 g/mol. The van der Waals surface area contributed by atoms with E-state index in [1.54, 1.807) is 11.8 Å². The molecule has 0 heterocycles. The number of nitrogens with one attached hydrogen (secondary N) is 1. The van der Waals surface area contributed by atoms with E-state index in [-0.39, 0.29) is 5.54 Å². The van der Waals surface area contributed by atoms with Crippen molar-refractivity contribution < 1.29 is 5.11 Å². The first-order valence-electron chi connectivity index (χ1n) is 6.35. The van der Waals surface area contributed by atoms with Gasteiger partial charge in [0, 0.05) is 22.7 Å². The highest BCUT2D eigenvalue weighted by Crippen LogP contribution is 2.22. The van der Waals surface area contributed by atoms with Crippen molar-refractivity contribution in [1.82, 2.24) is 5.32 Å². The van der Waals surface area contributed by atoms with Crippen molar-refractivity contribution in [3.63, 3.8) is 0 Å². The molecule has 1 aromatic rings. The van der Waals surface area contributed by atoms with Gasteiger partial charge in [-0.1, -0.05) is 12.1 Å². The maximum Gasteiger partial charge on any atom is 0.0685 e. The molecule has 3 heteroatoms. The molecule has 0 saturated carbocycles. The van der Waals surface area contributed by atoms with Crippen LogP contribution in [0.3, 0.4) is 0 Å². The van der Waals surface area contributed by atoms with E-state index in [9.17, 15) is 5.11 Å². The summed E-state index contributed by atoms with van der Waals surface area (Å²) >= 11 is 1.69. The van der Waals surface area contributed by atoms with Crippen LogP contribution in [-0.2, 0) is 6.54 Å². The highest BCUT2D eigenvalue weighted by Gasteiger charge is 2.12. The SMILES string of the molecule is CC(C)(O)CSc1ccc(CNC(C)(C)C)cc1. The smallest absolute Gasteiger partial charge is 0.0685 e. The molecule has 0 aliphatic rings. The van der Waals surface area contributed by atoms with E-state index in [1.807, 2.05) is 13.8 Å². The molecular weight excluding hydrogens is 242 g/mol. The van der Waals surface area contributed by atoms with Gasteiger partial charge < -0.3 is 10.4 Å². The largest absolute Gasteiger partial charge is 0.390 e. The Bertz CT molecular complexity index is 323. The third kappa shape index (κ3) is 7.04. The van der Waals surface area contributed by atoms with E-state index >= 15 is 0 Å². The topological polar surface area (TPSA) is 32.3 Å². The molecule has 1 rings (SSSR count). The second kappa shape index (κ2) is 6.09. The zero-order chi connectivity index (χ0) is 13.8. The number of benzene rings is 1. The molecule has 0 aliphatic heterocycles. The van der Waals surface area contributed by atoms with E-state index in [2.05, 4.69) is 50.4 Å². The molecule has 2 N–H and O–H groups in total. The van der Waals surface area contributed by atoms with Crippen molar-refractivity contribution in [2.24, 2.45) is 0 Å². The maximum absolute atomic E-state index is 9.68. The maximum atomic E-state index is 9.68. The lowest BCUT2D eigenvalue weighted by Gasteiger charge is -2.20. The summed E-state index contributed by atoms with van der Waals surface area (Å²) in [6, 6.07) is 8.53. The minimum absolute atomic E-state index is 0.147. The molecule has 0 spiro atoms. The van der Waals surface area contributed by atoms with Gasteiger partial charge in [0.1, 0.15) is 0 Å². The van der Waals surface area contributed by atoms with Crippen LogP contribution in [0.1, 0.15) is 40.2 Å². The third-order valence-electron chi connectivity index (χ3n) is 2.34. The van der Waals surface area contributed by atoms with Gasteiger partial charge in [-0.15, -0.1) is 11.8 Å². The molecule has 0 amide bonds. The summed E-state index contributed by atoms with van der Waals surface area (Å²) in [5.41, 5.74) is 0.823. The zero-order valence-electron chi connectivity index (χ0n) is 12.1. The predicted octanol–water partition coefficient (Wildman–Crippen LogP) is 3.44. The average Bonchev–Trinajstić information content (AvgIpc) is 2.23. The Morgan fingerprint density at radius 2 is 1.61 bits per heavy atom. The summed E-state index contributed by atoms with van der Waals surface area (Å²) in [6.07, 6.45) is 0. The lowest BCUT2D eigenvalue weighted by molar-refractivity contribution is 0.107. The van der Waals surface area contributed by atoms with E-state index < -0.39 is 5.60 Å². The van der Waals surface area contributed by atoms with Crippen molar-refractivity contribution >= 4 is 11.8 Å². The van der Waals surface area contributed by atoms with E-state index in [1.165, 1.54) is 10.5 Å². The summed E-state index contributed by atoms with van der Waals surface area (Å²) in [5, 5.41) is 13.1. The number of thioether (sulfide) groups is 1. The van der Waals surface area contributed by atoms with Gasteiger partial charge >= 0.3 is 0 Å². The van der Waals surface area contributed by atoms with Crippen LogP contribution in [0.4, 0.5) is 0 Å². The lowest BCUT2D eigenvalue weighted by atomic mass is 10.1. The van der Waals surface area contributed by atoms with Gasteiger partial charge in [-0.25, -0.2) is 0 Å². The Morgan fingerprint density at radius 3 is 2.06 bits per heavy atom. The summed E-state index contributed by atoms with van der Waals surface area (Å²) < 4.78 is 0. The zero-order valence-corrected chi connectivity index (χ0v) is 12.9. The Labute approximate surface area is 115 Å². The predicted molar refractivity (Wildman–Crippen MR) is 80.1 cm³/mol. The fourth-order valence-electron chi connectivity index (χ4n) is 1.33. The Hall–Kier alpha value is -0.510. The van der Waals surface area contributed by atoms with Crippen LogP contribution >= 0.6 is 11.8 Å². The highest BCUT2D eigenvalue weighted by molar-refractivity contribution is 7.99. The van der Waals surface area contributed by atoms with Gasteiger partial charge in [0.15, 0.2) is 0 Å². The fourth-order valence-corrected chi connectivity index (χ4v) is 2.18. The first-order chi connectivity index (χ1) is 8.16. The van der Waals surface area contributed by atoms with Crippen molar-refractivity contribution in [2.75, 3.05) is 5.75 Å². The van der Waals surface area contributed by atoms with Crippen LogP contribution < -0.4 is 5.32 Å². The van der Waals surface area contributed by atoms with E-state index in [0.29, 0.717) is 5.75 Å².